The summed E-state index contributed by atoms with van der Waals surface area (Å²) in [6.45, 7) is 0. The third-order valence-corrected chi connectivity index (χ3v) is 0.662. The molecule has 8 heavy (non-hydrogen) atoms. The highest BCUT2D eigenvalue weighted by Gasteiger charge is 1.94. The standard InChI is InChI=1S/C5H5NO2/c7-5-6-3-1-2-4-8-5/h1-4H,(H,6,7). The zero-order valence-electron chi connectivity index (χ0n) is 4.13. The van der Waals surface area contributed by atoms with Crippen LogP contribution in [0.4, 0.5) is 4.79 Å². The largest absolute Gasteiger partial charge is 0.418 e. The first-order chi connectivity index (χ1) is 3.89. The van der Waals surface area contributed by atoms with Crippen LogP contribution >= 0.6 is 0 Å². The van der Waals surface area contributed by atoms with E-state index in [0.717, 1.165) is 0 Å². The lowest BCUT2D eigenvalue weighted by atomic mass is 10.6. The maximum absolute atomic E-state index is 10.2. The highest BCUT2D eigenvalue weighted by atomic mass is 16.5. The average molecular weight is 111 g/mol. The Labute approximate surface area is 46.6 Å². The van der Waals surface area contributed by atoms with Gasteiger partial charge in [0.2, 0.25) is 0 Å². The summed E-state index contributed by atoms with van der Waals surface area (Å²) in [6, 6.07) is 0. The number of ether oxygens (including phenoxy) is 1. The molecular weight excluding hydrogens is 106 g/mol. The zero-order valence-corrected chi connectivity index (χ0v) is 4.13. The van der Waals surface area contributed by atoms with Crippen LogP contribution in [-0.2, 0) is 4.74 Å². The van der Waals surface area contributed by atoms with E-state index in [9.17, 15) is 4.79 Å². The number of carbonyl (C=O) groups excluding carboxylic acids is 1. The lowest BCUT2D eigenvalue weighted by molar-refractivity contribution is 0.190. The highest BCUT2D eigenvalue weighted by Crippen LogP contribution is 1.85. The number of hydrogen-bond donors (Lipinski definition) is 1. The van der Waals surface area contributed by atoms with Crippen LogP contribution in [0, 0.1) is 0 Å². The Bertz CT molecular complexity index is 133. The molecule has 0 atom stereocenters. The minimum atomic E-state index is -0.449. The Balaban J connectivity index is 2.58. The quantitative estimate of drug-likeness (QED) is 0.501. The molecular formula is C5H5NO2. The first-order valence-electron chi connectivity index (χ1n) is 2.18. The summed E-state index contributed by atoms with van der Waals surface area (Å²) in [5, 5.41) is 2.34. The van der Waals surface area contributed by atoms with Gasteiger partial charge in [-0.05, 0) is 12.2 Å². The maximum Gasteiger partial charge on any atom is 0.416 e. The predicted octanol–water partition coefficient (Wildman–Crippen LogP) is 0.754. The summed E-state index contributed by atoms with van der Waals surface area (Å²) in [4.78, 5) is 10.2. The van der Waals surface area contributed by atoms with Gasteiger partial charge in [-0.25, -0.2) is 4.79 Å². The first-order valence-corrected chi connectivity index (χ1v) is 2.18. The molecule has 3 nitrogen and oxygen atoms in total. The highest BCUT2D eigenvalue weighted by molar-refractivity contribution is 5.69. The summed E-state index contributed by atoms with van der Waals surface area (Å²) >= 11 is 0. The number of alkyl carbamates (subject to hydrolysis) is 1. The molecule has 1 aliphatic rings. The van der Waals surface area contributed by atoms with Crippen LogP contribution < -0.4 is 5.32 Å². The van der Waals surface area contributed by atoms with Gasteiger partial charge in [-0.2, -0.15) is 0 Å². The van der Waals surface area contributed by atoms with Gasteiger partial charge in [0.25, 0.3) is 0 Å². The van der Waals surface area contributed by atoms with Crippen molar-refractivity contribution in [3.63, 3.8) is 0 Å². The van der Waals surface area contributed by atoms with Crippen LogP contribution in [0.3, 0.4) is 0 Å². The monoisotopic (exact) mass is 111 g/mol. The van der Waals surface area contributed by atoms with E-state index in [0.29, 0.717) is 0 Å². The minimum absolute atomic E-state index is 0.449. The van der Waals surface area contributed by atoms with Gasteiger partial charge >= 0.3 is 6.09 Å². The summed E-state index contributed by atoms with van der Waals surface area (Å²) in [5.74, 6) is 0. The Hall–Kier alpha value is -1.25. The van der Waals surface area contributed by atoms with Crippen molar-refractivity contribution in [1.29, 1.82) is 0 Å². The molecule has 1 rings (SSSR count). The van der Waals surface area contributed by atoms with E-state index in [1.54, 1.807) is 12.2 Å². The Morgan fingerprint density at radius 3 is 3.25 bits per heavy atom. The molecule has 0 aromatic rings. The molecule has 42 valence electrons. The van der Waals surface area contributed by atoms with Gasteiger partial charge in [0, 0.05) is 6.20 Å². The van der Waals surface area contributed by atoms with E-state index >= 15 is 0 Å². The Morgan fingerprint density at radius 2 is 2.38 bits per heavy atom. The van der Waals surface area contributed by atoms with Crippen molar-refractivity contribution in [2.45, 2.75) is 0 Å². The minimum Gasteiger partial charge on any atom is -0.418 e. The molecule has 0 radical (unpaired) electrons. The van der Waals surface area contributed by atoms with Gasteiger partial charge in [-0.1, -0.05) is 0 Å². The molecule has 0 saturated carbocycles. The van der Waals surface area contributed by atoms with Crippen LogP contribution in [-0.4, -0.2) is 6.09 Å². The molecule has 0 bridgehead atoms. The molecule has 0 spiro atoms. The summed E-state index contributed by atoms with van der Waals surface area (Å²) < 4.78 is 4.41. The Kier molecular flexibility index (Phi) is 1.32. The van der Waals surface area contributed by atoms with E-state index in [1.165, 1.54) is 12.5 Å². The number of nitrogens with one attached hydrogen (secondary N) is 1. The molecule has 0 unspecified atom stereocenters. The smallest absolute Gasteiger partial charge is 0.416 e. The molecule has 0 aromatic heterocycles. The normalized spacial score (nSPS) is 16.8. The van der Waals surface area contributed by atoms with Crippen LogP contribution in [0.15, 0.2) is 24.6 Å². The van der Waals surface area contributed by atoms with E-state index in [4.69, 9.17) is 0 Å². The fourth-order valence-corrected chi connectivity index (χ4v) is 0.352. The summed E-state index contributed by atoms with van der Waals surface area (Å²) in [5.41, 5.74) is 0. The maximum atomic E-state index is 10.2. The van der Waals surface area contributed by atoms with Crippen molar-refractivity contribution in [2.75, 3.05) is 0 Å². The lowest BCUT2D eigenvalue weighted by Gasteiger charge is -1.91. The van der Waals surface area contributed by atoms with E-state index in [2.05, 4.69) is 10.1 Å². The molecule has 3 heteroatoms. The van der Waals surface area contributed by atoms with E-state index < -0.39 is 6.09 Å². The fourth-order valence-electron chi connectivity index (χ4n) is 0.352. The zero-order chi connectivity index (χ0) is 5.82. The number of rotatable bonds is 0. The van der Waals surface area contributed by atoms with Crippen LogP contribution in [0.2, 0.25) is 0 Å². The SMILES string of the molecule is O=C1NC=CC=CO1. The third-order valence-electron chi connectivity index (χ3n) is 0.662. The van der Waals surface area contributed by atoms with Crippen LogP contribution in [0.1, 0.15) is 0 Å². The van der Waals surface area contributed by atoms with Crippen molar-refractivity contribution >= 4 is 6.09 Å². The molecule has 1 N–H and O–H groups in total. The van der Waals surface area contributed by atoms with Crippen molar-refractivity contribution in [2.24, 2.45) is 0 Å². The van der Waals surface area contributed by atoms with Crippen molar-refractivity contribution < 1.29 is 9.53 Å². The summed E-state index contributed by atoms with van der Waals surface area (Å²) in [7, 11) is 0. The van der Waals surface area contributed by atoms with Gasteiger partial charge in [0.15, 0.2) is 0 Å². The number of carbonyl (C=O) groups is 1. The fraction of sp³-hybridized carbons (Fsp3) is 0. The van der Waals surface area contributed by atoms with Gasteiger partial charge in [-0.15, -0.1) is 0 Å². The van der Waals surface area contributed by atoms with Crippen molar-refractivity contribution in [1.82, 2.24) is 5.32 Å². The van der Waals surface area contributed by atoms with Crippen molar-refractivity contribution in [3.8, 4) is 0 Å². The number of hydrogen-bond acceptors (Lipinski definition) is 2. The number of allylic oxidation sites excluding steroid dienone is 2. The second-order valence-electron chi connectivity index (χ2n) is 1.24. The second-order valence-corrected chi connectivity index (χ2v) is 1.24. The number of cyclic esters (lactones) is 1. The lowest BCUT2D eigenvalue weighted by Crippen LogP contribution is -2.14. The molecule has 0 aliphatic carbocycles. The van der Waals surface area contributed by atoms with E-state index in [-0.39, 0.29) is 0 Å². The molecule has 1 amide bonds. The molecule has 1 heterocycles. The predicted molar refractivity (Wildman–Crippen MR) is 27.9 cm³/mol. The second kappa shape index (κ2) is 2.16. The summed E-state index contributed by atoms with van der Waals surface area (Å²) in [6.07, 6.45) is 5.67. The van der Waals surface area contributed by atoms with Gasteiger partial charge in [0.05, 0.1) is 6.26 Å². The average Bonchev–Trinajstić information content (AvgIpc) is 1.94. The van der Waals surface area contributed by atoms with Gasteiger partial charge < -0.3 is 4.74 Å². The number of amides is 1. The topological polar surface area (TPSA) is 38.3 Å². The third kappa shape index (κ3) is 1.11. The van der Waals surface area contributed by atoms with Crippen molar-refractivity contribution in [3.05, 3.63) is 24.6 Å². The molecule has 0 aromatic carbocycles. The first kappa shape index (κ1) is 4.90. The van der Waals surface area contributed by atoms with Gasteiger partial charge in [0.1, 0.15) is 0 Å². The molecule has 1 aliphatic heterocycles. The molecule has 0 fully saturated rings. The molecule has 0 saturated heterocycles. The van der Waals surface area contributed by atoms with E-state index in [1.807, 2.05) is 0 Å². The van der Waals surface area contributed by atoms with Crippen LogP contribution in [0.5, 0.6) is 0 Å². The van der Waals surface area contributed by atoms with Crippen LogP contribution in [0.25, 0.3) is 0 Å². The van der Waals surface area contributed by atoms with Gasteiger partial charge in [-0.3, -0.25) is 5.32 Å². The Morgan fingerprint density at radius 1 is 1.50 bits per heavy atom.